The first-order chi connectivity index (χ1) is 17.2. The number of halogens is 3. The number of alkyl halides is 3. The largest absolute Gasteiger partial charge is 0.465 e. The highest BCUT2D eigenvalue weighted by atomic mass is 32.1. The molecule has 3 aromatic rings. The third-order valence-electron chi connectivity index (χ3n) is 6.07. The zero-order valence-corrected chi connectivity index (χ0v) is 20.7. The second-order valence-electron chi connectivity index (χ2n) is 8.57. The van der Waals surface area contributed by atoms with Crippen molar-refractivity contribution in [1.82, 2.24) is 4.90 Å². The van der Waals surface area contributed by atoms with Gasteiger partial charge in [0, 0.05) is 42.8 Å². The summed E-state index contributed by atoms with van der Waals surface area (Å²) in [6.45, 7) is 4.12. The van der Waals surface area contributed by atoms with Gasteiger partial charge in [-0.3, -0.25) is 9.69 Å². The monoisotopic (exact) mass is 517 g/mol. The Labute approximate surface area is 211 Å². The van der Waals surface area contributed by atoms with E-state index in [2.05, 4.69) is 5.32 Å². The van der Waals surface area contributed by atoms with Crippen LogP contribution < -0.4 is 10.2 Å². The van der Waals surface area contributed by atoms with E-state index < -0.39 is 17.7 Å². The highest BCUT2D eigenvalue weighted by Crippen LogP contribution is 2.36. The number of hydrogen-bond acceptors (Lipinski definition) is 6. The number of piperazine rings is 1. The van der Waals surface area contributed by atoms with Crippen molar-refractivity contribution in [3.05, 3.63) is 70.6 Å². The van der Waals surface area contributed by atoms with Crippen LogP contribution in [0.25, 0.3) is 11.1 Å². The molecule has 2 aromatic carbocycles. The summed E-state index contributed by atoms with van der Waals surface area (Å²) in [7, 11) is 1.30. The van der Waals surface area contributed by atoms with Crippen LogP contribution in [-0.2, 0) is 15.7 Å². The molecule has 0 saturated carbocycles. The molecule has 2 heterocycles. The number of benzene rings is 2. The number of rotatable bonds is 6. The Balaban J connectivity index is 1.39. The number of thiophene rings is 1. The first kappa shape index (κ1) is 25.7. The van der Waals surface area contributed by atoms with Crippen LogP contribution >= 0.6 is 11.3 Å². The Morgan fingerprint density at radius 2 is 1.75 bits per heavy atom. The maximum absolute atomic E-state index is 13.0. The van der Waals surface area contributed by atoms with Crippen LogP contribution in [0.3, 0.4) is 0 Å². The summed E-state index contributed by atoms with van der Waals surface area (Å²) in [5.74, 6) is -0.804. The zero-order chi connectivity index (χ0) is 25.9. The van der Waals surface area contributed by atoms with Gasteiger partial charge in [0.05, 0.1) is 19.2 Å². The average molecular weight is 518 g/mol. The van der Waals surface area contributed by atoms with Crippen LogP contribution in [0.2, 0.25) is 0 Å². The quantitative estimate of drug-likeness (QED) is 0.451. The Morgan fingerprint density at radius 3 is 2.39 bits per heavy atom. The van der Waals surface area contributed by atoms with Gasteiger partial charge in [-0.25, -0.2) is 4.79 Å². The number of esters is 1. The molecule has 1 N–H and O–H groups in total. The lowest BCUT2D eigenvalue weighted by atomic mass is 10.0. The van der Waals surface area contributed by atoms with Crippen LogP contribution in [0.5, 0.6) is 0 Å². The normalized spacial score (nSPS) is 14.5. The van der Waals surface area contributed by atoms with Gasteiger partial charge < -0.3 is 15.0 Å². The van der Waals surface area contributed by atoms with E-state index in [9.17, 15) is 22.8 Å². The fraction of sp³-hybridized carbons (Fsp3) is 0.308. The van der Waals surface area contributed by atoms with Gasteiger partial charge in [-0.1, -0.05) is 35.9 Å². The molecule has 0 aliphatic carbocycles. The summed E-state index contributed by atoms with van der Waals surface area (Å²) in [6, 6.07) is 13.0. The number of amides is 1. The minimum atomic E-state index is -4.39. The molecule has 0 radical (unpaired) electrons. The standard InChI is InChI=1S/C26H26F3N3O3S/c1-17-6-8-18(9-7-17)21-16-36-24(23(21)25(34)35-2)30-22(33)15-31-10-12-32(13-11-31)20-5-3-4-19(14-20)26(27,28)29/h3-9,14,16H,10-13,15H2,1-2H3,(H,30,33). The molecule has 4 rings (SSSR count). The molecule has 1 fully saturated rings. The first-order valence-electron chi connectivity index (χ1n) is 11.4. The Hall–Kier alpha value is -3.37. The van der Waals surface area contributed by atoms with Crippen molar-refractivity contribution in [2.75, 3.05) is 50.1 Å². The maximum Gasteiger partial charge on any atom is 0.416 e. The maximum atomic E-state index is 13.0. The van der Waals surface area contributed by atoms with E-state index in [0.29, 0.717) is 48.0 Å². The van der Waals surface area contributed by atoms with E-state index in [0.717, 1.165) is 23.3 Å². The molecule has 1 aliphatic heterocycles. The Morgan fingerprint density at radius 1 is 1.06 bits per heavy atom. The van der Waals surface area contributed by atoms with Crippen LogP contribution in [0, 0.1) is 6.92 Å². The Bertz CT molecular complexity index is 1230. The highest BCUT2D eigenvalue weighted by Gasteiger charge is 2.31. The predicted octanol–water partition coefficient (Wildman–Crippen LogP) is 5.29. The molecule has 6 nitrogen and oxygen atoms in total. The number of ether oxygens (including phenoxy) is 1. The van der Waals surface area contributed by atoms with Crippen LogP contribution in [0.4, 0.5) is 23.9 Å². The fourth-order valence-electron chi connectivity index (χ4n) is 4.11. The number of carbonyl (C=O) groups is 2. The fourth-order valence-corrected chi connectivity index (χ4v) is 5.09. The lowest BCUT2D eigenvalue weighted by Crippen LogP contribution is -2.48. The van der Waals surface area contributed by atoms with Crippen molar-refractivity contribution in [3.63, 3.8) is 0 Å². The molecule has 36 heavy (non-hydrogen) atoms. The number of hydrogen-bond donors (Lipinski definition) is 1. The van der Waals surface area contributed by atoms with Crippen molar-refractivity contribution in [2.24, 2.45) is 0 Å². The second kappa shape index (κ2) is 10.7. The summed E-state index contributed by atoms with van der Waals surface area (Å²) in [5, 5.41) is 5.08. The van der Waals surface area contributed by atoms with Crippen molar-refractivity contribution < 1.29 is 27.5 Å². The van der Waals surface area contributed by atoms with Gasteiger partial charge in [-0.2, -0.15) is 13.2 Å². The van der Waals surface area contributed by atoms with Gasteiger partial charge >= 0.3 is 12.1 Å². The average Bonchev–Trinajstić information content (AvgIpc) is 3.27. The Kier molecular flexibility index (Phi) is 7.65. The second-order valence-corrected chi connectivity index (χ2v) is 9.45. The minimum Gasteiger partial charge on any atom is -0.465 e. The third kappa shape index (κ3) is 5.88. The van der Waals surface area contributed by atoms with Gasteiger partial charge in [0.2, 0.25) is 5.91 Å². The molecule has 0 spiro atoms. The molecule has 1 amide bonds. The van der Waals surface area contributed by atoms with E-state index in [1.165, 1.54) is 24.5 Å². The number of nitrogens with one attached hydrogen (secondary N) is 1. The third-order valence-corrected chi connectivity index (χ3v) is 6.97. The number of anilines is 2. The molecule has 0 unspecified atom stereocenters. The topological polar surface area (TPSA) is 61.9 Å². The van der Waals surface area contributed by atoms with Gasteiger partial charge in [-0.15, -0.1) is 11.3 Å². The van der Waals surface area contributed by atoms with E-state index >= 15 is 0 Å². The van der Waals surface area contributed by atoms with Crippen LogP contribution in [-0.4, -0.2) is 56.6 Å². The minimum absolute atomic E-state index is 0.106. The van der Waals surface area contributed by atoms with Crippen molar-refractivity contribution >= 4 is 33.9 Å². The molecule has 190 valence electrons. The molecule has 1 saturated heterocycles. The van der Waals surface area contributed by atoms with Crippen LogP contribution in [0.15, 0.2) is 53.9 Å². The molecular weight excluding hydrogens is 491 g/mol. The molecular formula is C26H26F3N3O3S. The summed E-state index contributed by atoms with van der Waals surface area (Å²) >= 11 is 1.26. The first-order valence-corrected chi connectivity index (χ1v) is 12.2. The molecule has 0 atom stereocenters. The summed E-state index contributed by atoms with van der Waals surface area (Å²) < 4.78 is 44.1. The molecule has 1 aromatic heterocycles. The zero-order valence-electron chi connectivity index (χ0n) is 19.9. The van der Waals surface area contributed by atoms with E-state index in [1.807, 2.05) is 46.4 Å². The van der Waals surface area contributed by atoms with Gasteiger partial charge in [0.25, 0.3) is 0 Å². The van der Waals surface area contributed by atoms with Gasteiger partial charge in [0.15, 0.2) is 0 Å². The highest BCUT2D eigenvalue weighted by molar-refractivity contribution is 7.15. The number of aryl methyl sites for hydroxylation is 1. The van der Waals surface area contributed by atoms with E-state index in [1.54, 1.807) is 6.07 Å². The summed E-state index contributed by atoms with van der Waals surface area (Å²) in [6.07, 6.45) is -4.39. The lowest BCUT2D eigenvalue weighted by Gasteiger charge is -2.36. The van der Waals surface area contributed by atoms with E-state index in [-0.39, 0.29) is 12.5 Å². The smallest absolute Gasteiger partial charge is 0.416 e. The molecule has 10 heteroatoms. The number of nitrogens with zero attached hydrogens (tertiary/aromatic N) is 2. The van der Waals surface area contributed by atoms with Crippen LogP contribution in [0.1, 0.15) is 21.5 Å². The number of methoxy groups -OCH3 is 1. The number of carbonyl (C=O) groups excluding carboxylic acids is 2. The van der Waals surface area contributed by atoms with E-state index in [4.69, 9.17) is 4.74 Å². The predicted molar refractivity (Wildman–Crippen MR) is 135 cm³/mol. The van der Waals surface area contributed by atoms with Gasteiger partial charge in [-0.05, 0) is 30.7 Å². The van der Waals surface area contributed by atoms with Gasteiger partial charge in [0.1, 0.15) is 10.6 Å². The summed E-state index contributed by atoms with van der Waals surface area (Å²) in [4.78, 5) is 29.2. The lowest BCUT2D eigenvalue weighted by molar-refractivity contribution is -0.137. The summed E-state index contributed by atoms with van der Waals surface area (Å²) in [5.41, 5.74) is 2.78. The molecule has 1 aliphatic rings. The SMILES string of the molecule is COC(=O)c1c(-c2ccc(C)cc2)csc1NC(=O)CN1CCN(c2cccc(C(F)(F)F)c2)CC1. The van der Waals surface area contributed by atoms with Crippen molar-refractivity contribution in [2.45, 2.75) is 13.1 Å². The van der Waals surface area contributed by atoms with Crippen molar-refractivity contribution in [1.29, 1.82) is 0 Å². The molecule has 0 bridgehead atoms. The van der Waals surface area contributed by atoms with Crippen molar-refractivity contribution in [3.8, 4) is 11.1 Å².